The van der Waals surface area contributed by atoms with Gasteiger partial charge in [0.2, 0.25) is 0 Å². The van der Waals surface area contributed by atoms with Gasteiger partial charge in [-0.15, -0.1) is 0 Å². The Morgan fingerprint density at radius 2 is 1.68 bits per heavy atom. The van der Waals surface area contributed by atoms with Crippen LogP contribution in [0.3, 0.4) is 0 Å². The van der Waals surface area contributed by atoms with Crippen molar-refractivity contribution in [2.45, 2.75) is 38.6 Å². The molecule has 2 atom stereocenters. The van der Waals surface area contributed by atoms with Crippen LogP contribution in [0, 0.1) is 5.92 Å². The highest BCUT2D eigenvalue weighted by atomic mass is 16.4. The number of aromatic carboxylic acids is 3. The molecule has 0 bridgehead atoms. The SMILES string of the molecule is CC1C(c2cc(C(=O)O)cc(C(=O)O)c2C(=O)O)CCN(C)C1(C)C. The first-order chi connectivity index (χ1) is 11.5. The number of likely N-dealkylation sites (tertiary alicyclic amines) is 1. The molecule has 2 rings (SSSR count). The Morgan fingerprint density at radius 1 is 1.08 bits per heavy atom. The summed E-state index contributed by atoms with van der Waals surface area (Å²) in [5.41, 5.74) is -0.942. The minimum absolute atomic E-state index is 0.00930. The summed E-state index contributed by atoms with van der Waals surface area (Å²) < 4.78 is 0. The van der Waals surface area contributed by atoms with Gasteiger partial charge in [-0.05, 0) is 63.4 Å². The second-order valence-corrected chi connectivity index (χ2v) is 7.16. The van der Waals surface area contributed by atoms with E-state index in [1.165, 1.54) is 6.07 Å². The summed E-state index contributed by atoms with van der Waals surface area (Å²) in [6.07, 6.45) is 0.628. The lowest BCUT2D eigenvalue weighted by Gasteiger charge is -2.49. The fourth-order valence-corrected chi connectivity index (χ4v) is 3.62. The second-order valence-electron chi connectivity index (χ2n) is 7.16. The molecule has 1 fully saturated rings. The van der Waals surface area contributed by atoms with Crippen molar-refractivity contribution < 1.29 is 29.7 Å². The van der Waals surface area contributed by atoms with Gasteiger partial charge in [0.1, 0.15) is 0 Å². The Labute approximate surface area is 145 Å². The van der Waals surface area contributed by atoms with Crippen LogP contribution >= 0.6 is 0 Å². The monoisotopic (exact) mass is 349 g/mol. The molecule has 0 spiro atoms. The molecule has 2 unspecified atom stereocenters. The fraction of sp³-hybridized carbons (Fsp3) is 0.500. The standard InChI is InChI=1S/C18H23NO6/c1-9-11(5-6-19(4)18(9,2)3)12-7-10(15(20)21)8-13(16(22)23)14(12)17(24)25/h7-9,11H,5-6H2,1-4H3,(H,20,21)(H,22,23)(H,24,25). The molecule has 25 heavy (non-hydrogen) atoms. The maximum absolute atomic E-state index is 11.8. The van der Waals surface area contributed by atoms with Crippen LogP contribution in [0.1, 0.15) is 69.7 Å². The van der Waals surface area contributed by atoms with Crippen LogP contribution in [0.15, 0.2) is 12.1 Å². The Morgan fingerprint density at radius 3 is 2.16 bits per heavy atom. The molecule has 1 aromatic rings. The van der Waals surface area contributed by atoms with Gasteiger partial charge in [-0.25, -0.2) is 14.4 Å². The zero-order valence-electron chi connectivity index (χ0n) is 14.7. The Bertz CT molecular complexity index is 739. The van der Waals surface area contributed by atoms with Gasteiger partial charge in [-0.2, -0.15) is 0 Å². The highest BCUT2D eigenvalue weighted by Gasteiger charge is 2.42. The lowest BCUT2D eigenvalue weighted by Crippen LogP contribution is -2.53. The molecule has 7 nitrogen and oxygen atoms in total. The van der Waals surface area contributed by atoms with Crippen molar-refractivity contribution in [1.82, 2.24) is 4.90 Å². The highest BCUT2D eigenvalue weighted by molar-refractivity contribution is 6.05. The van der Waals surface area contributed by atoms with Gasteiger partial charge in [0.15, 0.2) is 0 Å². The number of hydrogen-bond donors (Lipinski definition) is 3. The zero-order valence-corrected chi connectivity index (χ0v) is 14.7. The molecule has 0 amide bonds. The minimum atomic E-state index is -1.44. The molecular formula is C18H23NO6. The third-order valence-electron chi connectivity index (χ3n) is 5.74. The summed E-state index contributed by atoms with van der Waals surface area (Å²) in [6.45, 7) is 6.79. The predicted molar refractivity (Wildman–Crippen MR) is 90.6 cm³/mol. The van der Waals surface area contributed by atoms with Crippen molar-refractivity contribution in [3.05, 3.63) is 34.4 Å². The summed E-state index contributed by atoms with van der Waals surface area (Å²) in [5, 5.41) is 28.3. The van der Waals surface area contributed by atoms with E-state index in [2.05, 4.69) is 4.90 Å². The number of hydrogen-bond acceptors (Lipinski definition) is 4. The molecule has 1 saturated heterocycles. The smallest absolute Gasteiger partial charge is 0.336 e. The predicted octanol–water partition coefficient (Wildman–Crippen LogP) is 2.62. The van der Waals surface area contributed by atoms with Crippen molar-refractivity contribution in [2.75, 3.05) is 13.6 Å². The van der Waals surface area contributed by atoms with Crippen molar-refractivity contribution in [3.63, 3.8) is 0 Å². The van der Waals surface area contributed by atoms with E-state index < -0.39 is 23.5 Å². The topological polar surface area (TPSA) is 115 Å². The molecule has 1 aromatic carbocycles. The second kappa shape index (κ2) is 6.48. The third kappa shape index (κ3) is 3.24. The number of benzene rings is 1. The third-order valence-corrected chi connectivity index (χ3v) is 5.74. The molecule has 1 aliphatic rings. The maximum Gasteiger partial charge on any atom is 0.336 e. The quantitative estimate of drug-likeness (QED) is 0.765. The molecule has 3 N–H and O–H groups in total. The van der Waals surface area contributed by atoms with E-state index in [0.717, 1.165) is 6.07 Å². The van der Waals surface area contributed by atoms with Crippen LogP contribution in [0.25, 0.3) is 0 Å². The van der Waals surface area contributed by atoms with Crippen LogP contribution < -0.4 is 0 Å². The Kier molecular flexibility index (Phi) is 4.90. The largest absolute Gasteiger partial charge is 0.478 e. The van der Waals surface area contributed by atoms with E-state index in [4.69, 9.17) is 0 Å². The molecule has 1 heterocycles. The van der Waals surface area contributed by atoms with Crippen LogP contribution in [0.2, 0.25) is 0 Å². The van der Waals surface area contributed by atoms with Crippen molar-refractivity contribution in [2.24, 2.45) is 5.92 Å². The minimum Gasteiger partial charge on any atom is -0.478 e. The number of piperidine rings is 1. The first-order valence-electron chi connectivity index (χ1n) is 8.07. The van der Waals surface area contributed by atoms with Gasteiger partial charge < -0.3 is 20.2 Å². The van der Waals surface area contributed by atoms with E-state index >= 15 is 0 Å². The fourth-order valence-electron chi connectivity index (χ4n) is 3.62. The molecule has 1 aliphatic heterocycles. The van der Waals surface area contributed by atoms with E-state index in [0.29, 0.717) is 18.5 Å². The van der Waals surface area contributed by atoms with Crippen molar-refractivity contribution >= 4 is 17.9 Å². The number of rotatable bonds is 4. The van der Waals surface area contributed by atoms with Gasteiger partial charge in [0, 0.05) is 5.54 Å². The van der Waals surface area contributed by atoms with Crippen molar-refractivity contribution in [1.29, 1.82) is 0 Å². The average Bonchev–Trinajstić information content (AvgIpc) is 2.51. The molecule has 0 aromatic heterocycles. The van der Waals surface area contributed by atoms with Crippen LogP contribution in [0.4, 0.5) is 0 Å². The first kappa shape index (κ1) is 18.9. The van der Waals surface area contributed by atoms with Gasteiger partial charge in [0.25, 0.3) is 0 Å². The van der Waals surface area contributed by atoms with Gasteiger partial charge in [0.05, 0.1) is 16.7 Å². The number of nitrogens with zero attached hydrogens (tertiary/aromatic N) is 1. The lowest BCUT2D eigenvalue weighted by atomic mass is 9.69. The van der Waals surface area contributed by atoms with E-state index in [9.17, 15) is 29.7 Å². The Hall–Kier alpha value is -2.41. The summed E-state index contributed by atoms with van der Waals surface area (Å²) >= 11 is 0. The van der Waals surface area contributed by atoms with Crippen LogP contribution in [-0.2, 0) is 0 Å². The first-order valence-corrected chi connectivity index (χ1v) is 8.07. The van der Waals surface area contributed by atoms with Gasteiger partial charge >= 0.3 is 17.9 Å². The summed E-state index contributed by atoms with van der Waals surface area (Å²) in [7, 11) is 1.99. The molecule has 0 saturated carbocycles. The molecule has 7 heteroatoms. The molecule has 0 aliphatic carbocycles. The summed E-state index contributed by atoms with van der Waals surface area (Å²) in [4.78, 5) is 36.9. The lowest BCUT2D eigenvalue weighted by molar-refractivity contribution is 0.0377. The summed E-state index contributed by atoms with van der Waals surface area (Å²) in [5.74, 6) is -4.31. The van der Waals surface area contributed by atoms with Gasteiger partial charge in [-0.1, -0.05) is 6.92 Å². The molecular weight excluding hydrogens is 326 g/mol. The van der Waals surface area contributed by atoms with Gasteiger partial charge in [-0.3, -0.25) is 0 Å². The van der Waals surface area contributed by atoms with Crippen molar-refractivity contribution in [3.8, 4) is 0 Å². The van der Waals surface area contributed by atoms with E-state index in [1.807, 2.05) is 27.8 Å². The van der Waals surface area contributed by atoms with E-state index in [1.54, 1.807) is 0 Å². The zero-order chi connectivity index (χ0) is 19.1. The number of carboxylic acids is 3. The molecule has 136 valence electrons. The molecule has 0 radical (unpaired) electrons. The normalized spacial score (nSPS) is 23.2. The number of carboxylic acid groups (broad SMARTS) is 3. The Balaban J connectivity index is 2.72. The van der Waals surface area contributed by atoms with Crippen LogP contribution in [-0.4, -0.2) is 57.3 Å². The maximum atomic E-state index is 11.8. The number of carbonyl (C=O) groups is 3. The average molecular weight is 349 g/mol. The van der Waals surface area contributed by atoms with E-state index in [-0.39, 0.29) is 28.5 Å². The van der Waals surface area contributed by atoms with Crippen LogP contribution in [0.5, 0.6) is 0 Å². The highest BCUT2D eigenvalue weighted by Crippen LogP contribution is 2.43. The summed E-state index contributed by atoms with van der Waals surface area (Å²) in [6, 6.07) is 2.24.